The van der Waals surface area contributed by atoms with Gasteiger partial charge in [-0.1, -0.05) is 24.3 Å². The molecule has 3 aromatic rings. The lowest BCUT2D eigenvalue weighted by Gasteiger charge is -2.10. The van der Waals surface area contributed by atoms with Crippen LogP contribution in [0.25, 0.3) is 0 Å². The monoisotopic (exact) mass is 391 g/mol. The number of benzene rings is 3. The van der Waals surface area contributed by atoms with Crippen LogP contribution >= 0.6 is 0 Å². The number of anilines is 1. The molecule has 2 amide bonds. The van der Waals surface area contributed by atoms with Crippen molar-refractivity contribution in [2.45, 2.75) is 0 Å². The lowest BCUT2D eigenvalue weighted by molar-refractivity contribution is 0.0956. The summed E-state index contributed by atoms with van der Waals surface area (Å²) in [5, 5.41) is 6.60. The number of hydrazone groups is 1. The summed E-state index contributed by atoms with van der Waals surface area (Å²) in [7, 11) is 1.54. The van der Waals surface area contributed by atoms with Gasteiger partial charge in [-0.05, 0) is 54.1 Å². The highest BCUT2D eigenvalue weighted by molar-refractivity contribution is 6.09. The van der Waals surface area contributed by atoms with E-state index in [-0.39, 0.29) is 17.3 Å². The van der Waals surface area contributed by atoms with Gasteiger partial charge in [0, 0.05) is 5.56 Å². The standard InChI is InChI=1S/C22H18FN3O3/c1-29-18-12-8-16(9-13-18)21(27)25-20-5-3-2-4-19(20)22(28)26-24-14-15-6-10-17(23)11-7-15/h2-14H,1H3,(H,25,27)(H,26,28)/b24-14-. The average Bonchev–Trinajstić information content (AvgIpc) is 2.75. The third-order valence-corrected chi connectivity index (χ3v) is 4.02. The largest absolute Gasteiger partial charge is 0.497 e. The zero-order valence-electron chi connectivity index (χ0n) is 15.6. The van der Waals surface area contributed by atoms with Crippen molar-refractivity contribution in [2.75, 3.05) is 12.4 Å². The lowest BCUT2D eigenvalue weighted by Crippen LogP contribution is -2.21. The average molecular weight is 391 g/mol. The van der Waals surface area contributed by atoms with Crippen molar-refractivity contribution < 1.29 is 18.7 Å². The summed E-state index contributed by atoms with van der Waals surface area (Å²) in [6, 6.07) is 18.9. The quantitative estimate of drug-likeness (QED) is 0.495. The van der Waals surface area contributed by atoms with E-state index < -0.39 is 5.91 Å². The maximum Gasteiger partial charge on any atom is 0.273 e. The molecule has 0 aliphatic heterocycles. The molecule has 2 N–H and O–H groups in total. The van der Waals surface area contributed by atoms with Gasteiger partial charge in [0.15, 0.2) is 0 Å². The zero-order chi connectivity index (χ0) is 20.6. The van der Waals surface area contributed by atoms with Crippen LogP contribution in [0.2, 0.25) is 0 Å². The molecule has 0 unspecified atom stereocenters. The first-order valence-corrected chi connectivity index (χ1v) is 8.70. The summed E-state index contributed by atoms with van der Waals surface area (Å²) in [5.74, 6) is -0.565. The number of rotatable bonds is 6. The van der Waals surface area contributed by atoms with Gasteiger partial charge in [0.25, 0.3) is 11.8 Å². The molecule has 0 radical (unpaired) electrons. The number of carbonyl (C=O) groups excluding carboxylic acids is 2. The van der Waals surface area contributed by atoms with Crippen LogP contribution in [0, 0.1) is 5.82 Å². The van der Waals surface area contributed by atoms with Crippen molar-refractivity contribution in [3.63, 3.8) is 0 Å². The fourth-order valence-corrected chi connectivity index (χ4v) is 2.50. The molecule has 0 bridgehead atoms. The number of hydrogen-bond acceptors (Lipinski definition) is 4. The fraction of sp³-hybridized carbons (Fsp3) is 0.0455. The van der Waals surface area contributed by atoms with Crippen LogP contribution in [0.3, 0.4) is 0 Å². The summed E-state index contributed by atoms with van der Waals surface area (Å²) in [6.07, 6.45) is 1.40. The molecule has 6 nitrogen and oxygen atoms in total. The maximum atomic E-state index is 12.9. The molecular weight excluding hydrogens is 373 g/mol. The van der Waals surface area contributed by atoms with Gasteiger partial charge in [-0.2, -0.15) is 5.10 Å². The van der Waals surface area contributed by atoms with Crippen molar-refractivity contribution in [1.82, 2.24) is 5.43 Å². The van der Waals surface area contributed by atoms with Gasteiger partial charge in [-0.3, -0.25) is 9.59 Å². The van der Waals surface area contributed by atoms with Crippen LogP contribution in [0.5, 0.6) is 5.75 Å². The van der Waals surface area contributed by atoms with Crippen LogP contribution in [0.1, 0.15) is 26.3 Å². The van der Waals surface area contributed by atoms with E-state index in [9.17, 15) is 14.0 Å². The molecule has 3 rings (SSSR count). The first-order chi connectivity index (χ1) is 14.1. The lowest BCUT2D eigenvalue weighted by atomic mass is 10.1. The number of halogens is 1. The number of nitrogens with one attached hydrogen (secondary N) is 2. The van der Waals surface area contributed by atoms with E-state index in [1.807, 2.05) is 0 Å². The van der Waals surface area contributed by atoms with Crippen LogP contribution in [-0.4, -0.2) is 25.1 Å². The van der Waals surface area contributed by atoms with Crippen molar-refractivity contribution >= 4 is 23.7 Å². The van der Waals surface area contributed by atoms with Gasteiger partial charge in [-0.25, -0.2) is 9.82 Å². The van der Waals surface area contributed by atoms with E-state index in [0.29, 0.717) is 22.6 Å². The molecule has 0 atom stereocenters. The van der Waals surface area contributed by atoms with Crippen molar-refractivity contribution in [2.24, 2.45) is 5.10 Å². The van der Waals surface area contributed by atoms with Crippen molar-refractivity contribution in [3.8, 4) is 5.75 Å². The van der Waals surface area contributed by atoms with E-state index in [0.717, 1.165) is 0 Å². The van der Waals surface area contributed by atoms with Crippen molar-refractivity contribution in [3.05, 3.63) is 95.3 Å². The highest BCUT2D eigenvalue weighted by atomic mass is 19.1. The molecule has 3 aromatic carbocycles. The Morgan fingerprint density at radius 3 is 2.31 bits per heavy atom. The van der Waals surface area contributed by atoms with E-state index in [2.05, 4.69) is 15.8 Å². The summed E-state index contributed by atoms with van der Waals surface area (Å²) in [6.45, 7) is 0. The van der Waals surface area contributed by atoms with Crippen LogP contribution in [0.15, 0.2) is 77.9 Å². The third kappa shape index (κ3) is 5.26. The van der Waals surface area contributed by atoms with Crippen LogP contribution < -0.4 is 15.5 Å². The second-order valence-electron chi connectivity index (χ2n) is 5.98. The Balaban J connectivity index is 1.69. The highest BCUT2D eigenvalue weighted by Gasteiger charge is 2.13. The number of hydrogen-bond donors (Lipinski definition) is 2. The maximum absolute atomic E-state index is 12.9. The molecule has 0 aliphatic carbocycles. The summed E-state index contributed by atoms with van der Waals surface area (Å²) < 4.78 is 18.0. The zero-order valence-corrected chi connectivity index (χ0v) is 15.6. The number of nitrogens with zero attached hydrogens (tertiary/aromatic N) is 1. The molecular formula is C22H18FN3O3. The Kier molecular flexibility index (Phi) is 6.32. The minimum absolute atomic E-state index is 0.255. The Bertz CT molecular complexity index is 1030. The Morgan fingerprint density at radius 1 is 0.931 bits per heavy atom. The number of ether oxygens (including phenoxy) is 1. The molecule has 29 heavy (non-hydrogen) atoms. The smallest absolute Gasteiger partial charge is 0.273 e. The van der Waals surface area contributed by atoms with E-state index in [1.54, 1.807) is 55.6 Å². The Morgan fingerprint density at radius 2 is 1.62 bits per heavy atom. The minimum Gasteiger partial charge on any atom is -0.497 e. The predicted octanol–water partition coefficient (Wildman–Crippen LogP) is 3.85. The second-order valence-corrected chi connectivity index (χ2v) is 5.98. The van der Waals surface area contributed by atoms with Gasteiger partial charge in [0.1, 0.15) is 11.6 Å². The number of para-hydroxylation sites is 1. The van der Waals surface area contributed by atoms with E-state index >= 15 is 0 Å². The Labute approximate surface area is 167 Å². The number of amides is 2. The van der Waals surface area contributed by atoms with Crippen molar-refractivity contribution in [1.29, 1.82) is 0 Å². The summed E-state index contributed by atoms with van der Waals surface area (Å²) in [4.78, 5) is 24.9. The first kappa shape index (κ1) is 19.8. The van der Waals surface area contributed by atoms with E-state index in [4.69, 9.17) is 4.74 Å². The van der Waals surface area contributed by atoms with Gasteiger partial charge >= 0.3 is 0 Å². The van der Waals surface area contributed by atoms with Gasteiger partial charge in [-0.15, -0.1) is 0 Å². The third-order valence-electron chi connectivity index (χ3n) is 4.02. The van der Waals surface area contributed by atoms with Gasteiger partial charge in [0.05, 0.1) is 24.6 Å². The topological polar surface area (TPSA) is 79.8 Å². The minimum atomic E-state index is -0.492. The number of methoxy groups -OCH3 is 1. The molecule has 0 aliphatic rings. The van der Waals surface area contributed by atoms with Crippen LogP contribution in [0.4, 0.5) is 10.1 Å². The molecule has 0 saturated heterocycles. The summed E-state index contributed by atoms with van der Waals surface area (Å²) in [5.41, 5.74) is 4.06. The molecule has 0 fully saturated rings. The summed E-state index contributed by atoms with van der Waals surface area (Å²) >= 11 is 0. The fourth-order valence-electron chi connectivity index (χ4n) is 2.50. The van der Waals surface area contributed by atoms with Gasteiger partial charge in [0.2, 0.25) is 0 Å². The highest BCUT2D eigenvalue weighted by Crippen LogP contribution is 2.17. The normalized spacial score (nSPS) is 10.6. The molecule has 0 aromatic heterocycles. The molecule has 0 heterocycles. The number of carbonyl (C=O) groups is 2. The predicted molar refractivity (Wildman–Crippen MR) is 109 cm³/mol. The molecule has 146 valence electrons. The molecule has 7 heteroatoms. The van der Waals surface area contributed by atoms with Crippen LogP contribution in [-0.2, 0) is 0 Å². The molecule has 0 saturated carbocycles. The molecule has 0 spiro atoms. The van der Waals surface area contributed by atoms with Gasteiger partial charge < -0.3 is 10.1 Å². The SMILES string of the molecule is COc1ccc(C(=O)Nc2ccccc2C(=O)N/N=C\c2ccc(F)cc2)cc1. The Hall–Kier alpha value is -4.00. The second kappa shape index (κ2) is 9.27. The van der Waals surface area contributed by atoms with E-state index in [1.165, 1.54) is 30.5 Å². The first-order valence-electron chi connectivity index (χ1n) is 8.70.